The highest BCUT2D eigenvalue weighted by atomic mass is 32.2. The highest BCUT2D eigenvalue weighted by molar-refractivity contribution is 7.99. The van der Waals surface area contributed by atoms with Gasteiger partial charge in [0, 0.05) is 0 Å². The van der Waals surface area contributed by atoms with Crippen molar-refractivity contribution in [3.8, 4) is 0 Å². The molecular weight excluding hydrogens is 260 g/mol. The van der Waals surface area contributed by atoms with E-state index in [-0.39, 0.29) is 0 Å². The van der Waals surface area contributed by atoms with Crippen molar-refractivity contribution >= 4 is 17.4 Å². The molecule has 0 atom stereocenters. The molecule has 0 spiro atoms. The summed E-state index contributed by atoms with van der Waals surface area (Å²) < 4.78 is 1.94. The van der Waals surface area contributed by atoms with Gasteiger partial charge < -0.3 is 5.73 Å². The number of anilines is 1. The fraction of sp³-hybridized carbons (Fsp3) is 0.500. The molecule has 3 rings (SSSR count). The summed E-state index contributed by atoms with van der Waals surface area (Å²) in [5.74, 6) is 0. The van der Waals surface area contributed by atoms with E-state index in [2.05, 4.69) is 20.5 Å². The molecule has 2 N–H and O–H groups in total. The van der Waals surface area contributed by atoms with E-state index >= 15 is 0 Å². The zero-order valence-electron chi connectivity index (χ0n) is 10.8. The number of aromatic nitrogens is 5. The van der Waals surface area contributed by atoms with Crippen LogP contribution in [0, 0.1) is 6.92 Å². The van der Waals surface area contributed by atoms with Crippen LogP contribution in [0.15, 0.2) is 22.4 Å². The number of nitrogens with zero attached hydrogens (tertiary/aromatic N) is 5. The van der Waals surface area contributed by atoms with Crippen LogP contribution in [0.2, 0.25) is 0 Å². The number of hydrogen-bond donors (Lipinski definition) is 1. The molecule has 1 aliphatic carbocycles. The molecule has 0 unspecified atom stereocenters. The van der Waals surface area contributed by atoms with Crippen LogP contribution in [0.1, 0.15) is 37.3 Å². The molecule has 7 heteroatoms. The maximum atomic E-state index is 5.77. The Labute approximate surface area is 115 Å². The lowest BCUT2D eigenvalue weighted by Gasteiger charge is -2.10. The monoisotopic (exact) mass is 276 g/mol. The molecule has 1 saturated carbocycles. The number of rotatable bonds is 3. The molecule has 2 aromatic rings. The number of tetrazole rings is 1. The lowest BCUT2D eigenvalue weighted by molar-refractivity contribution is 0.423. The van der Waals surface area contributed by atoms with Crippen LogP contribution < -0.4 is 5.73 Å². The van der Waals surface area contributed by atoms with Crippen molar-refractivity contribution in [2.75, 3.05) is 5.73 Å². The Morgan fingerprint density at radius 3 is 2.89 bits per heavy atom. The van der Waals surface area contributed by atoms with Gasteiger partial charge in [-0.25, -0.2) is 9.67 Å². The SMILES string of the molecule is Cc1cc(Sc2nnnn2C2CCCC2)ncc1N. The second kappa shape index (κ2) is 5.16. The number of nitrogen functional groups attached to an aromatic ring is 1. The second-order valence-corrected chi connectivity index (χ2v) is 5.81. The maximum Gasteiger partial charge on any atom is 0.215 e. The summed E-state index contributed by atoms with van der Waals surface area (Å²) in [4.78, 5) is 4.31. The van der Waals surface area contributed by atoms with Gasteiger partial charge in [-0.3, -0.25) is 0 Å². The van der Waals surface area contributed by atoms with E-state index in [0.717, 1.165) is 28.6 Å². The van der Waals surface area contributed by atoms with Crippen LogP contribution in [-0.4, -0.2) is 25.2 Å². The Morgan fingerprint density at radius 1 is 1.37 bits per heavy atom. The molecule has 0 bridgehead atoms. The summed E-state index contributed by atoms with van der Waals surface area (Å²) in [5, 5.41) is 13.7. The lowest BCUT2D eigenvalue weighted by Crippen LogP contribution is -2.08. The van der Waals surface area contributed by atoms with Gasteiger partial charge in [0.05, 0.1) is 17.9 Å². The van der Waals surface area contributed by atoms with Gasteiger partial charge in [-0.15, -0.1) is 5.10 Å². The molecule has 1 aliphatic rings. The molecule has 0 radical (unpaired) electrons. The number of hydrogen-bond acceptors (Lipinski definition) is 6. The first-order chi connectivity index (χ1) is 9.24. The minimum atomic E-state index is 0.437. The van der Waals surface area contributed by atoms with E-state index in [1.54, 1.807) is 6.20 Å². The zero-order valence-corrected chi connectivity index (χ0v) is 11.6. The fourth-order valence-electron chi connectivity index (χ4n) is 2.32. The third-order valence-electron chi connectivity index (χ3n) is 3.46. The smallest absolute Gasteiger partial charge is 0.215 e. The van der Waals surface area contributed by atoms with Gasteiger partial charge in [0.25, 0.3) is 0 Å². The Hall–Kier alpha value is -1.63. The number of pyridine rings is 1. The van der Waals surface area contributed by atoms with Gasteiger partial charge in [0.15, 0.2) is 0 Å². The Morgan fingerprint density at radius 2 is 2.16 bits per heavy atom. The van der Waals surface area contributed by atoms with E-state index in [4.69, 9.17) is 5.73 Å². The zero-order chi connectivity index (χ0) is 13.2. The maximum absolute atomic E-state index is 5.77. The molecule has 100 valence electrons. The first kappa shape index (κ1) is 12.4. The van der Waals surface area contributed by atoms with Gasteiger partial charge in [-0.1, -0.05) is 12.8 Å². The minimum absolute atomic E-state index is 0.437. The van der Waals surface area contributed by atoms with E-state index in [1.807, 2.05) is 17.7 Å². The normalized spacial score (nSPS) is 16.1. The summed E-state index contributed by atoms with van der Waals surface area (Å²) >= 11 is 1.49. The molecular formula is C12H16N6S. The van der Waals surface area contributed by atoms with Crippen LogP contribution in [0.4, 0.5) is 5.69 Å². The van der Waals surface area contributed by atoms with Crippen molar-refractivity contribution in [1.82, 2.24) is 25.2 Å². The lowest BCUT2D eigenvalue weighted by atomic mass is 10.3. The Kier molecular flexibility index (Phi) is 3.37. The predicted octanol–water partition coefficient (Wildman–Crippen LogP) is 2.23. The first-order valence-electron chi connectivity index (χ1n) is 6.42. The molecule has 0 aromatic carbocycles. The highest BCUT2D eigenvalue weighted by Gasteiger charge is 2.22. The summed E-state index contributed by atoms with van der Waals surface area (Å²) in [5.41, 5.74) is 7.51. The van der Waals surface area contributed by atoms with Gasteiger partial charge in [-0.2, -0.15) is 0 Å². The largest absolute Gasteiger partial charge is 0.397 e. The van der Waals surface area contributed by atoms with E-state index in [9.17, 15) is 0 Å². The van der Waals surface area contributed by atoms with Gasteiger partial charge >= 0.3 is 0 Å². The Bertz CT molecular complexity index is 575. The molecule has 0 saturated heterocycles. The van der Waals surface area contributed by atoms with Crippen LogP contribution in [-0.2, 0) is 0 Å². The van der Waals surface area contributed by atoms with Crippen LogP contribution >= 0.6 is 11.8 Å². The third-order valence-corrected chi connectivity index (χ3v) is 4.34. The topological polar surface area (TPSA) is 82.5 Å². The van der Waals surface area contributed by atoms with Gasteiger partial charge in [0.2, 0.25) is 5.16 Å². The summed E-state index contributed by atoms with van der Waals surface area (Å²) in [6, 6.07) is 2.40. The van der Waals surface area contributed by atoms with Crippen LogP contribution in [0.5, 0.6) is 0 Å². The van der Waals surface area contributed by atoms with Crippen molar-refractivity contribution in [1.29, 1.82) is 0 Å². The van der Waals surface area contributed by atoms with Crippen molar-refractivity contribution in [2.45, 2.75) is 48.8 Å². The average Bonchev–Trinajstić information content (AvgIpc) is 3.04. The molecule has 0 amide bonds. The van der Waals surface area contributed by atoms with Gasteiger partial charge in [-0.05, 0) is 53.6 Å². The Balaban J connectivity index is 1.83. The number of nitrogens with two attached hydrogens (primary N) is 1. The standard InChI is InChI=1S/C12H16N6S/c1-8-6-11(14-7-10(8)13)19-12-15-16-17-18(12)9-4-2-3-5-9/h6-7,9H,2-5,13H2,1H3. The number of aryl methyl sites for hydroxylation is 1. The average molecular weight is 276 g/mol. The second-order valence-electron chi connectivity index (χ2n) is 4.83. The predicted molar refractivity (Wildman–Crippen MR) is 72.8 cm³/mol. The molecule has 6 nitrogen and oxygen atoms in total. The summed E-state index contributed by atoms with van der Waals surface area (Å²) in [6.07, 6.45) is 6.52. The molecule has 2 heterocycles. The van der Waals surface area contributed by atoms with E-state index in [0.29, 0.717) is 11.7 Å². The van der Waals surface area contributed by atoms with Gasteiger partial charge in [0.1, 0.15) is 5.03 Å². The van der Waals surface area contributed by atoms with Crippen molar-refractivity contribution in [3.63, 3.8) is 0 Å². The molecule has 19 heavy (non-hydrogen) atoms. The molecule has 2 aromatic heterocycles. The summed E-state index contributed by atoms with van der Waals surface area (Å²) in [7, 11) is 0. The van der Waals surface area contributed by atoms with Crippen molar-refractivity contribution < 1.29 is 0 Å². The summed E-state index contributed by atoms with van der Waals surface area (Å²) in [6.45, 7) is 1.97. The van der Waals surface area contributed by atoms with Crippen molar-refractivity contribution in [3.05, 3.63) is 17.8 Å². The first-order valence-corrected chi connectivity index (χ1v) is 7.23. The minimum Gasteiger partial charge on any atom is -0.397 e. The fourth-order valence-corrected chi connectivity index (χ4v) is 3.21. The van der Waals surface area contributed by atoms with E-state index in [1.165, 1.54) is 24.6 Å². The van der Waals surface area contributed by atoms with Crippen molar-refractivity contribution in [2.24, 2.45) is 0 Å². The molecule has 0 aliphatic heterocycles. The highest BCUT2D eigenvalue weighted by Crippen LogP contribution is 2.33. The quantitative estimate of drug-likeness (QED) is 0.925. The van der Waals surface area contributed by atoms with Crippen LogP contribution in [0.3, 0.4) is 0 Å². The van der Waals surface area contributed by atoms with E-state index < -0.39 is 0 Å². The third kappa shape index (κ3) is 2.56. The molecule has 1 fully saturated rings. The van der Waals surface area contributed by atoms with Crippen LogP contribution in [0.25, 0.3) is 0 Å².